The van der Waals surface area contributed by atoms with Crippen LogP contribution >= 0.6 is 11.3 Å². The van der Waals surface area contributed by atoms with Crippen molar-refractivity contribution in [3.8, 4) is 11.4 Å². The molecule has 0 saturated heterocycles. The fraction of sp³-hybridized carbons (Fsp3) is 0.240. The van der Waals surface area contributed by atoms with Crippen LogP contribution in [-0.2, 0) is 23.0 Å². The van der Waals surface area contributed by atoms with Gasteiger partial charge in [0.05, 0.1) is 16.7 Å². The molecule has 0 radical (unpaired) electrons. The van der Waals surface area contributed by atoms with E-state index in [0.29, 0.717) is 16.8 Å². The van der Waals surface area contributed by atoms with E-state index in [0.717, 1.165) is 23.3 Å². The molecule has 1 atom stereocenters. The maximum atomic E-state index is 13.1. The van der Waals surface area contributed by atoms with E-state index in [2.05, 4.69) is 22.1 Å². The second-order valence-corrected chi connectivity index (χ2v) is 8.72. The largest absolute Gasteiger partial charge is 0.375 e. The molecule has 4 aromatic rings. The molecule has 2 N–H and O–H groups in total. The molecule has 0 fully saturated rings. The number of aryl methyl sites for hydroxylation is 1. The van der Waals surface area contributed by atoms with Crippen molar-refractivity contribution in [2.45, 2.75) is 19.4 Å². The van der Waals surface area contributed by atoms with Gasteiger partial charge in [-0.05, 0) is 47.9 Å². The normalized spacial score (nSPS) is 12.0. The summed E-state index contributed by atoms with van der Waals surface area (Å²) in [6, 6.07) is 15.3. The lowest BCUT2D eigenvalue weighted by Gasteiger charge is -2.15. The van der Waals surface area contributed by atoms with Crippen molar-refractivity contribution in [3.05, 3.63) is 70.4 Å². The van der Waals surface area contributed by atoms with Gasteiger partial charge in [0.25, 0.3) is 5.91 Å². The molecule has 170 valence electrons. The number of benzene rings is 2. The molecule has 4 rings (SSSR count). The van der Waals surface area contributed by atoms with Crippen LogP contribution in [0, 0.1) is 0 Å². The average molecular weight is 463 g/mol. The standard InChI is InChI=1S/C25H26N4O3S/c1-16(11-17-9-10-33-15-17)26-25(31)19-12-20(27-22(30)14-32-3)23-21(13-19)28-24(29(23)2)18-7-5-4-6-8-18/h4-10,12-13,15-16H,11,14H2,1-3H3,(H,26,31)(H,27,30)/t16-/m1/s1. The van der Waals surface area contributed by atoms with Gasteiger partial charge in [0.2, 0.25) is 5.91 Å². The van der Waals surface area contributed by atoms with Gasteiger partial charge in [-0.3, -0.25) is 9.59 Å². The Balaban J connectivity index is 1.70. The summed E-state index contributed by atoms with van der Waals surface area (Å²) in [5.74, 6) is 0.231. The second kappa shape index (κ2) is 9.97. The number of aromatic nitrogens is 2. The molecule has 0 aliphatic rings. The first-order chi connectivity index (χ1) is 16.0. The van der Waals surface area contributed by atoms with Crippen LogP contribution in [0.4, 0.5) is 5.69 Å². The van der Waals surface area contributed by atoms with Crippen molar-refractivity contribution in [2.75, 3.05) is 19.0 Å². The van der Waals surface area contributed by atoms with Gasteiger partial charge in [0, 0.05) is 31.3 Å². The molecule has 0 bridgehead atoms. The number of hydrogen-bond donors (Lipinski definition) is 2. The number of ether oxygens (including phenoxy) is 1. The summed E-state index contributed by atoms with van der Waals surface area (Å²) in [4.78, 5) is 30.2. The lowest BCUT2D eigenvalue weighted by atomic mass is 10.1. The second-order valence-electron chi connectivity index (χ2n) is 7.94. The van der Waals surface area contributed by atoms with E-state index < -0.39 is 0 Å². The van der Waals surface area contributed by atoms with Crippen molar-refractivity contribution in [1.82, 2.24) is 14.9 Å². The summed E-state index contributed by atoms with van der Waals surface area (Å²) in [5.41, 5.74) is 4.45. The maximum Gasteiger partial charge on any atom is 0.251 e. The summed E-state index contributed by atoms with van der Waals surface area (Å²) in [5, 5.41) is 10.0. The van der Waals surface area contributed by atoms with Gasteiger partial charge in [0.1, 0.15) is 12.4 Å². The summed E-state index contributed by atoms with van der Waals surface area (Å²) >= 11 is 1.64. The highest BCUT2D eigenvalue weighted by Crippen LogP contribution is 2.30. The van der Waals surface area contributed by atoms with E-state index in [-0.39, 0.29) is 24.5 Å². The number of carbonyl (C=O) groups excluding carboxylic acids is 2. The van der Waals surface area contributed by atoms with E-state index in [1.165, 1.54) is 12.7 Å². The Kier molecular flexibility index (Phi) is 6.86. The highest BCUT2D eigenvalue weighted by atomic mass is 32.1. The molecule has 2 aromatic heterocycles. The van der Waals surface area contributed by atoms with E-state index in [4.69, 9.17) is 9.72 Å². The van der Waals surface area contributed by atoms with Crippen molar-refractivity contribution in [2.24, 2.45) is 7.05 Å². The van der Waals surface area contributed by atoms with Crippen LogP contribution in [0.1, 0.15) is 22.8 Å². The van der Waals surface area contributed by atoms with Gasteiger partial charge >= 0.3 is 0 Å². The van der Waals surface area contributed by atoms with Crippen molar-refractivity contribution < 1.29 is 14.3 Å². The van der Waals surface area contributed by atoms with Crippen LogP contribution in [0.3, 0.4) is 0 Å². The summed E-state index contributed by atoms with van der Waals surface area (Å²) < 4.78 is 6.88. The highest BCUT2D eigenvalue weighted by molar-refractivity contribution is 7.07. The number of thiophene rings is 1. The SMILES string of the molecule is COCC(=O)Nc1cc(C(=O)N[C@H](C)Cc2ccsc2)cc2nc(-c3ccccc3)n(C)c12. The molecule has 0 aliphatic carbocycles. The van der Waals surface area contributed by atoms with E-state index in [1.807, 2.05) is 54.3 Å². The zero-order valence-corrected chi connectivity index (χ0v) is 19.6. The zero-order chi connectivity index (χ0) is 23.4. The monoisotopic (exact) mass is 462 g/mol. The van der Waals surface area contributed by atoms with E-state index >= 15 is 0 Å². The van der Waals surface area contributed by atoms with Gasteiger partial charge < -0.3 is 19.9 Å². The number of nitrogens with zero attached hydrogens (tertiary/aromatic N) is 2. The first-order valence-corrected chi connectivity index (χ1v) is 11.6. The lowest BCUT2D eigenvalue weighted by molar-refractivity contribution is -0.119. The quantitative estimate of drug-likeness (QED) is 0.410. The molecule has 0 spiro atoms. The summed E-state index contributed by atoms with van der Waals surface area (Å²) in [6.45, 7) is 1.89. The Morgan fingerprint density at radius 2 is 1.97 bits per heavy atom. The Hall–Kier alpha value is -3.49. The number of rotatable bonds is 8. The molecule has 0 saturated carbocycles. The van der Waals surface area contributed by atoms with Gasteiger partial charge in [-0.15, -0.1) is 0 Å². The van der Waals surface area contributed by atoms with E-state index in [9.17, 15) is 9.59 Å². The number of carbonyl (C=O) groups is 2. The topological polar surface area (TPSA) is 85.2 Å². The Morgan fingerprint density at radius 3 is 2.67 bits per heavy atom. The molecule has 33 heavy (non-hydrogen) atoms. The van der Waals surface area contributed by atoms with Crippen molar-refractivity contribution in [3.63, 3.8) is 0 Å². The van der Waals surface area contributed by atoms with Crippen LogP contribution in [-0.4, -0.2) is 41.1 Å². The molecule has 2 heterocycles. The number of imidazole rings is 1. The molecule has 0 unspecified atom stereocenters. The molecule has 2 amide bonds. The van der Waals surface area contributed by atoms with Crippen LogP contribution in [0.25, 0.3) is 22.4 Å². The fourth-order valence-corrected chi connectivity index (χ4v) is 4.54. The number of anilines is 1. The molecule has 8 heteroatoms. The number of nitrogens with one attached hydrogen (secondary N) is 2. The van der Waals surface area contributed by atoms with Crippen LogP contribution in [0.5, 0.6) is 0 Å². The number of methoxy groups -OCH3 is 1. The average Bonchev–Trinajstić information content (AvgIpc) is 3.42. The number of amides is 2. The minimum Gasteiger partial charge on any atom is -0.375 e. The van der Waals surface area contributed by atoms with Crippen molar-refractivity contribution >= 4 is 39.9 Å². The van der Waals surface area contributed by atoms with Crippen molar-refractivity contribution in [1.29, 1.82) is 0 Å². The van der Waals surface area contributed by atoms with Crippen LogP contribution < -0.4 is 10.6 Å². The van der Waals surface area contributed by atoms with Gasteiger partial charge in [-0.2, -0.15) is 11.3 Å². The Bertz CT molecular complexity index is 1270. The summed E-state index contributed by atoms with van der Waals surface area (Å²) in [7, 11) is 3.36. The Labute approximate surface area is 196 Å². The fourth-order valence-electron chi connectivity index (χ4n) is 3.86. The highest BCUT2D eigenvalue weighted by Gasteiger charge is 2.19. The predicted molar refractivity (Wildman–Crippen MR) is 132 cm³/mol. The summed E-state index contributed by atoms with van der Waals surface area (Å²) in [6.07, 6.45) is 0.747. The minimum absolute atomic E-state index is 0.0436. The van der Waals surface area contributed by atoms with Gasteiger partial charge in [0.15, 0.2) is 0 Å². The first-order valence-electron chi connectivity index (χ1n) is 10.6. The number of hydrogen-bond acceptors (Lipinski definition) is 5. The molecular weight excluding hydrogens is 436 g/mol. The minimum atomic E-state index is -0.301. The van der Waals surface area contributed by atoms with Crippen LogP contribution in [0.15, 0.2) is 59.3 Å². The first kappa shape index (κ1) is 22.7. The molecule has 0 aliphatic heterocycles. The third-order valence-electron chi connectivity index (χ3n) is 5.31. The molecular formula is C25H26N4O3S. The molecule has 2 aromatic carbocycles. The lowest BCUT2D eigenvalue weighted by Crippen LogP contribution is -2.34. The van der Waals surface area contributed by atoms with Gasteiger partial charge in [-0.1, -0.05) is 30.3 Å². The third kappa shape index (κ3) is 5.13. The number of fused-ring (bicyclic) bond motifs is 1. The maximum absolute atomic E-state index is 13.1. The smallest absolute Gasteiger partial charge is 0.251 e. The van der Waals surface area contributed by atoms with Gasteiger partial charge in [-0.25, -0.2) is 4.98 Å². The predicted octanol–water partition coefficient (Wildman–Crippen LogP) is 4.25. The van der Waals surface area contributed by atoms with E-state index in [1.54, 1.807) is 23.5 Å². The Morgan fingerprint density at radius 1 is 1.18 bits per heavy atom. The molecule has 7 nitrogen and oxygen atoms in total. The van der Waals surface area contributed by atoms with Crippen LogP contribution in [0.2, 0.25) is 0 Å². The third-order valence-corrected chi connectivity index (χ3v) is 6.04. The zero-order valence-electron chi connectivity index (χ0n) is 18.8.